The van der Waals surface area contributed by atoms with Crippen LogP contribution in [-0.4, -0.2) is 4.98 Å². The molecule has 0 atom stereocenters. The molecule has 19 heavy (non-hydrogen) atoms. The van der Waals surface area contributed by atoms with Crippen molar-refractivity contribution in [3.63, 3.8) is 0 Å². The first-order valence-electron chi connectivity index (χ1n) is 6.72. The molecule has 2 nitrogen and oxygen atoms in total. The second-order valence-corrected chi connectivity index (χ2v) is 5.51. The van der Waals surface area contributed by atoms with Gasteiger partial charge in [-0.05, 0) is 42.5 Å². The van der Waals surface area contributed by atoms with Gasteiger partial charge in [0.2, 0.25) is 0 Å². The molecule has 0 aliphatic carbocycles. The van der Waals surface area contributed by atoms with Gasteiger partial charge < -0.3 is 4.74 Å². The van der Waals surface area contributed by atoms with Gasteiger partial charge in [0.15, 0.2) is 0 Å². The molecule has 2 aromatic rings. The van der Waals surface area contributed by atoms with Gasteiger partial charge >= 0.3 is 0 Å². The number of aryl methyl sites for hydroxylation is 1. The third-order valence-corrected chi connectivity index (χ3v) is 3.72. The molecule has 0 amide bonds. The molecule has 2 heteroatoms. The highest BCUT2D eigenvalue weighted by molar-refractivity contribution is 5.37. The zero-order chi connectivity index (χ0) is 13.9. The first kappa shape index (κ1) is 13.6. The van der Waals surface area contributed by atoms with E-state index in [4.69, 9.17) is 4.74 Å². The van der Waals surface area contributed by atoms with E-state index >= 15 is 0 Å². The van der Waals surface area contributed by atoms with E-state index in [1.54, 1.807) is 6.20 Å². The molecule has 0 bridgehead atoms. The molecular weight excluding hydrogens is 234 g/mol. The Labute approximate surface area is 115 Å². The summed E-state index contributed by atoms with van der Waals surface area (Å²) in [6.07, 6.45) is 4.68. The summed E-state index contributed by atoms with van der Waals surface area (Å²) in [7, 11) is 0. The van der Waals surface area contributed by atoms with Gasteiger partial charge in [0.05, 0.1) is 0 Å². The predicted molar refractivity (Wildman–Crippen MR) is 78.8 cm³/mol. The van der Waals surface area contributed by atoms with Crippen molar-refractivity contribution in [2.24, 2.45) is 0 Å². The van der Waals surface area contributed by atoms with Crippen molar-refractivity contribution in [3.8, 4) is 11.5 Å². The highest BCUT2D eigenvalue weighted by atomic mass is 16.5. The zero-order valence-electron chi connectivity index (χ0n) is 12.1. The Morgan fingerprint density at radius 2 is 1.79 bits per heavy atom. The number of hydrogen-bond donors (Lipinski definition) is 0. The molecule has 0 fully saturated rings. The van der Waals surface area contributed by atoms with Crippen molar-refractivity contribution in [1.29, 1.82) is 0 Å². The molecule has 0 radical (unpaired) electrons. The topological polar surface area (TPSA) is 22.1 Å². The standard InChI is InChI=1S/C17H21NO/c1-5-17(3,4)14-6-8-15(9-7-14)19-16-10-11-18-12-13(16)2/h6-12H,5H2,1-4H3. The fraction of sp³-hybridized carbons (Fsp3) is 0.353. The van der Waals surface area contributed by atoms with E-state index in [0.717, 1.165) is 23.5 Å². The number of ether oxygens (including phenoxy) is 1. The van der Waals surface area contributed by atoms with Crippen LogP contribution in [0.4, 0.5) is 0 Å². The maximum absolute atomic E-state index is 5.87. The van der Waals surface area contributed by atoms with E-state index in [0.29, 0.717) is 0 Å². The SMILES string of the molecule is CCC(C)(C)c1ccc(Oc2ccncc2C)cc1. The summed E-state index contributed by atoms with van der Waals surface area (Å²) in [5.74, 6) is 1.72. The summed E-state index contributed by atoms with van der Waals surface area (Å²) in [5.41, 5.74) is 2.60. The van der Waals surface area contributed by atoms with Crippen molar-refractivity contribution in [2.75, 3.05) is 0 Å². The molecular formula is C17H21NO. The first-order valence-corrected chi connectivity index (χ1v) is 6.72. The van der Waals surface area contributed by atoms with Gasteiger partial charge in [-0.25, -0.2) is 0 Å². The average Bonchev–Trinajstić information content (AvgIpc) is 2.42. The minimum atomic E-state index is 0.213. The van der Waals surface area contributed by atoms with Gasteiger partial charge in [0.25, 0.3) is 0 Å². The van der Waals surface area contributed by atoms with Crippen LogP contribution in [0.1, 0.15) is 38.3 Å². The Kier molecular flexibility index (Phi) is 3.89. The summed E-state index contributed by atoms with van der Waals surface area (Å²) in [6.45, 7) is 8.73. The largest absolute Gasteiger partial charge is 0.457 e. The van der Waals surface area contributed by atoms with E-state index < -0.39 is 0 Å². The molecule has 0 saturated heterocycles. The summed E-state index contributed by atoms with van der Waals surface area (Å²) in [5, 5.41) is 0. The molecule has 2 rings (SSSR count). The lowest BCUT2D eigenvalue weighted by atomic mass is 9.82. The smallest absolute Gasteiger partial charge is 0.133 e. The number of benzene rings is 1. The van der Waals surface area contributed by atoms with Gasteiger partial charge in [0.1, 0.15) is 11.5 Å². The van der Waals surface area contributed by atoms with Crippen molar-refractivity contribution >= 4 is 0 Å². The van der Waals surface area contributed by atoms with Gasteiger partial charge in [-0.15, -0.1) is 0 Å². The van der Waals surface area contributed by atoms with Crippen LogP contribution >= 0.6 is 0 Å². The Balaban J connectivity index is 2.18. The third-order valence-electron chi connectivity index (χ3n) is 3.72. The zero-order valence-corrected chi connectivity index (χ0v) is 12.1. The second kappa shape index (κ2) is 5.43. The first-order chi connectivity index (χ1) is 9.03. The van der Waals surface area contributed by atoms with Crippen LogP contribution in [0, 0.1) is 6.92 Å². The average molecular weight is 255 g/mol. The predicted octanol–water partition coefficient (Wildman–Crippen LogP) is 4.87. The number of pyridine rings is 1. The summed E-state index contributed by atoms with van der Waals surface area (Å²) >= 11 is 0. The maximum atomic E-state index is 5.87. The van der Waals surface area contributed by atoms with Gasteiger partial charge in [-0.2, -0.15) is 0 Å². The Hall–Kier alpha value is -1.83. The summed E-state index contributed by atoms with van der Waals surface area (Å²) in [4.78, 5) is 4.06. The number of aromatic nitrogens is 1. The van der Waals surface area contributed by atoms with Crippen LogP contribution in [-0.2, 0) is 5.41 Å². The summed E-state index contributed by atoms with van der Waals surface area (Å²) < 4.78 is 5.87. The second-order valence-electron chi connectivity index (χ2n) is 5.51. The Bertz CT molecular complexity index is 543. The minimum Gasteiger partial charge on any atom is -0.457 e. The highest BCUT2D eigenvalue weighted by Gasteiger charge is 2.17. The molecule has 0 aliphatic rings. The monoisotopic (exact) mass is 255 g/mol. The lowest BCUT2D eigenvalue weighted by Crippen LogP contribution is -2.14. The lowest BCUT2D eigenvalue weighted by molar-refractivity contribution is 0.474. The van der Waals surface area contributed by atoms with Crippen LogP contribution in [0.15, 0.2) is 42.7 Å². The Morgan fingerprint density at radius 3 is 2.37 bits per heavy atom. The maximum Gasteiger partial charge on any atom is 0.133 e. The van der Waals surface area contributed by atoms with Crippen molar-refractivity contribution in [2.45, 2.75) is 39.5 Å². The minimum absolute atomic E-state index is 0.213. The van der Waals surface area contributed by atoms with Gasteiger partial charge in [-0.1, -0.05) is 32.9 Å². The molecule has 0 saturated carbocycles. The van der Waals surface area contributed by atoms with Crippen molar-refractivity contribution in [1.82, 2.24) is 4.98 Å². The van der Waals surface area contributed by atoms with Crippen LogP contribution < -0.4 is 4.74 Å². The van der Waals surface area contributed by atoms with E-state index in [1.807, 2.05) is 31.3 Å². The normalized spacial score (nSPS) is 11.4. The molecule has 100 valence electrons. The lowest BCUT2D eigenvalue weighted by Gasteiger charge is -2.23. The van der Waals surface area contributed by atoms with E-state index in [2.05, 4.69) is 37.9 Å². The Morgan fingerprint density at radius 1 is 1.11 bits per heavy atom. The molecule has 0 N–H and O–H groups in total. The molecule has 0 aliphatic heterocycles. The van der Waals surface area contributed by atoms with Crippen LogP contribution in [0.25, 0.3) is 0 Å². The quantitative estimate of drug-likeness (QED) is 0.777. The third kappa shape index (κ3) is 3.14. The van der Waals surface area contributed by atoms with Crippen molar-refractivity contribution < 1.29 is 4.74 Å². The number of nitrogens with zero attached hydrogens (tertiary/aromatic N) is 1. The van der Waals surface area contributed by atoms with Crippen molar-refractivity contribution in [3.05, 3.63) is 53.9 Å². The summed E-state index contributed by atoms with van der Waals surface area (Å²) in [6, 6.07) is 10.3. The van der Waals surface area contributed by atoms with Crippen LogP contribution in [0.3, 0.4) is 0 Å². The molecule has 1 aromatic carbocycles. The van der Waals surface area contributed by atoms with Crippen LogP contribution in [0.2, 0.25) is 0 Å². The molecule has 0 unspecified atom stereocenters. The molecule has 1 aromatic heterocycles. The van der Waals surface area contributed by atoms with Crippen LogP contribution in [0.5, 0.6) is 11.5 Å². The number of hydrogen-bond acceptors (Lipinski definition) is 2. The van der Waals surface area contributed by atoms with E-state index in [1.165, 1.54) is 5.56 Å². The highest BCUT2D eigenvalue weighted by Crippen LogP contribution is 2.30. The number of rotatable bonds is 4. The fourth-order valence-corrected chi connectivity index (χ4v) is 1.88. The molecule has 0 spiro atoms. The van der Waals surface area contributed by atoms with E-state index in [9.17, 15) is 0 Å². The molecule has 1 heterocycles. The fourth-order valence-electron chi connectivity index (χ4n) is 1.88. The van der Waals surface area contributed by atoms with E-state index in [-0.39, 0.29) is 5.41 Å². The van der Waals surface area contributed by atoms with Gasteiger partial charge in [0, 0.05) is 18.0 Å². The van der Waals surface area contributed by atoms with Gasteiger partial charge in [-0.3, -0.25) is 4.98 Å².